The van der Waals surface area contributed by atoms with Gasteiger partial charge in [0.05, 0.1) is 11.5 Å². The van der Waals surface area contributed by atoms with E-state index in [4.69, 9.17) is 21.7 Å². The molecule has 0 aliphatic carbocycles. The van der Waals surface area contributed by atoms with Gasteiger partial charge in [-0.2, -0.15) is 0 Å². The summed E-state index contributed by atoms with van der Waals surface area (Å²) >= 11 is 10.2. The van der Waals surface area contributed by atoms with Gasteiger partial charge in [-0.15, -0.1) is 0 Å². The Morgan fingerprint density at radius 1 is 1.08 bits per heavy atom. The number of hydrogen-bond donors (Lipinski definition) is 0. The Bertz CT molecular complexity index is 1280. The normalized spacial score (nSPS) is 15.3. The average molecular weight is 583 g/mol. The van der Waals surface area contributed by atoms with Crippen LogP contribution in [0.3, 0.4) is 0 Å². The van der Waals surface area contributed by atoms with Crippen molar-refractivity contribution in [1.29, 1.82) is 0 Å². The van der Waals surface area contributed by atoms with Crippen LogP contribution in [0.1, 0.15) is 36.1 Å². The zero-order valence-electron chi connectivity index (χ0n) is 19.6. The smallest absolute Gasteiger partial charge is 0.333 e. The summed E-state index contributed by atoms with van der Waals surface area (Å²) in [7, 11) is 0. The maximum atomic E-state index is 13.4. The molecule has 0 aromatic heterocycles. The molecule has 1 fully saturated rings. The van der Waals surface area contributed by atoms with E-state index in [0.717, 1.165) is 21.3 Å². The third-order valence-corrected chi connectivity index (χ3v) is 7.16. The lowest BCUT2D eigenvalue weighted by atomic mass is 10.1. The molecule has 1 aliphatic heterocycles. The van der Waals surface area contributed by atoms with E-state index < -0.39 is 12.0 Å². The number of thiocarbonyl (C=S) groups is 1. The molecule has 0 spiro atoms. The number of esters is 1. The molecule has 1 heterocycles. The summed E-state index contributed by atoms with van der Waals surface area (Å²) in [6.07, 6.45) is 2.46. The number of hydrogen-bond acceptors (Lipinski definition) is 6. The van der Waals surface area contributed by atoms with E-state index in [9.17, 15) is 9.59 Å². The second kappa shape index (κ2) is 12.3. The molecule has 3 aromatic carbocycles. The molecule has 3 aromatic rings. The third kappa shape index (κ3) is 6.43. The van der Waals surface area contributed by atoms with Crippen LogP contribution in [0.4, 0.5) is 0 Å². The quantitative estimate of drug-likeness (QED) is 0.155. The highest BCUT2D eigenvalue weighted by atomic mass is 79.9. The summed E-state index contributed by atoms with van der Waals surface area (Å²) in [6.45, 7) is 2.65. The maximum Gasteiger partial charge on any atom is 0.333 e. The minimum Gasteiger partial charge on any atom is -0.489 e. The first kappa shape index (κ1) is 26.1. The van der Waals surface area contributed by atoms with Gasteiger partial charge in [0.1, 0.15) is 16.7 Å². The summed E-state index contributed by atoms with van der Waals surface area (Å²) in [4.78, 5) is 28.1. The van der Waals surface area contributed by atoms with Crippen molar-refractivity contribution in [2.75, 3.05) is 6.61 Å². The largest absolute Gasteiger partial charge is 0.489 e. The van der Waals surface area contributed by atoms with E-state index in [-0.39, 0.29) is 12.5 Å². The number of amides is 1. The van der Waals surface area contributed by atoms with Gasteiger partial charge in [-0.05, 0) is 53.5 Å². The van der Waals surface area contributed by atoms with Crippen LogP contribution in [0.2, 0.25) is 0 Å². The summed E-state index contributed by atoms with van der Waals surface area (Å²) in [6, 6.07) is 23.6. The van der Waals surface area contributed by atoms with Crippen molar-refractivity contribution in [1.82, 2.24) is 4.90 Å². The summed E-state index contributed by atoms with van der Waals surface area (Å²) < 4.78 is 12.6. The van der Waals surface area contributed by atoms with Gasteiger partial charge in [0.25, 0.3) is 5.91 Å². The average Bonchev–Trinajstić information content (AvgIpc) is 3.15. The van der Waals surface area contributed by atoms with Crippen molar-refractivity contribution in [3.8, 4) is 5.75 Å². The van der Waals surface area contributed by atoms with Crippen LogP contribution in [-0.2, 0) is 20.9 Å². The SMILES string of the molecule is CCCOC(=O)C(c1ccccc1)N1C(=O)/C(=C\c2ccc(OCc3cccc(Br)c3)cc2)SC1=S. The second-order valence-corrected chi connectivity index (χ2v) is 10.6. The fourth-order valence-corrected chi connectivity index (χ4v) is 5.37. The molecule has 5 nitrogen and oxygen atoms in total. The van der Waals surface area contributed by atoms with E-state index in [0.29, 0.717) is 27.8 Å². The third-order valence-electron chi connectivity index (χ3n) is 5.34. The van der Waals surface area contributed by atoms with Crippen molar-refractivity contribution >= 4 is 62.2 Å². The van der Waals surface area contributed by atoms with Gasteiger partial charge in [-0.1, -0.05) is 101 Å². The lowest BCUT2D eigenvalue weighted by molar-refractivity contribution is -0.151. The number of benzene rings is 3. The molecule has 1 atom stereocenters. The van der Waals surface area contributed by atoms with Crippen LogP contribution in [0, 0.1) is 0 Å². The Hall–Kier alpha value is -2.94. The second-order valence-electron chi connectivity index (χ2n) is 8.02. The first-order valence-corrected chi connectivity index (χ1v) is 13.4. The molecular weight excluding hydrogens is 558 g/mol. The van der Waals surface area contributed by atoms with Gasteiger partial charge in [0.15, 0.2) is 6.04 Å². The number of thioether (sulfide) groups is 1. The van der Waals surface area contributed by atoms with E-state index in [2.05, 4.69) is 15.9 Å². The minimum atomic E-state index is -0.926. The molecule has 184 valence electrons. The maximum absolute atomic E-state index is 13.4. The molecule has 8 heteroatoms. The van der Waals surface area contributed by atoms with Crippen LogP contribution >= 0.6 is 39.9 Å². The first-order valence-electron chi connectivity index (χ1n) is 11.4. The Labute approximate surface area is 228 Å². The van der Waals surface area contributed by atoms with Gasteiger partial charge in [0.2, 0.25) is 0 Å². The highest BCUT2D eigenvalue weighted by molar-refractivity contribution is 9.10. The number of ether oxygens (including phenoxy) is 2. The summed E-state index contributed by atoms with van der Waals surface area (Å²) in [5, 5.41) is 0. The molecule has 1 aliphatic rings. The molecule has 1 saturated heterocycles. The Morgan fingerprint density at radius 2 is 1.83 bits per heavy atom. The zero-order valence-corrected chi connectivity index (χ0v) is 22.8. The number of halogens is 1. The molecule has 0 saturated carbocycles. The van der Waals surface area contributed by atoms with Crippen LogP contribution < -0.4 is 4.74 Å². The van der Waals surface area contributed by atoms with Crippen molar-refractivity contribution < 1.29 is 19.1 Å². The zero-order chi connectivity index (χ0) is 25.5. The number of carbonyl (C=O) groups excluding carboxylic acids is 2. The number of rotatable bonds is 9. The highest BCUT2D eigenvalue weighted by Gasteiger charge is 2.42. The van der Waals surface area contributed by atoms with Crippen molar-refractivity contribution in [2.24, 2.45) is 0 Å². The van der Waals surface area contributed by atoms with Crippen LogP contribution in [-0.4, -0.2) is 27.7 Å². The van der Waals surface area contributed by atoms with E-state index >= 15 is 0 Å². The monoisotopic (exact) mass is 581 g/mol. The minimum absolute atomic E-state index is 0.281. The van der Waals surface area contributed by atoms with Crippen molar-refractivity contribution in [3.63, 3.8) is 0 Å². The molecular formula is C28H24BrNO4S2. The highest BCUT2D eigenvalue weighted by Crippen LogP contribution is 2.39. The molecule has 1 amide bonds. The Kier molecular flexibility index (Phi) is 8.96. The fraction of sp³-hybridized carbons (Fsp3) is 0.179. The number of carbonyl (C=O) groups is 2. The van der Waals surface area contributed by atoms with Gasteiger partial charge in [-0.3, -0.25) is 9.69 Å². The van der Waals surface area contributed by atoms with E-state index in [1.54, 1.807) is 18.2 Å². The van der Waals surface area contributed by atoms with Gasteiger partial charge in [0, 0.05) is 4.47 Å². The number of nitrogens with zero attached hydrogens (tertiary/aromatic N) is 1. The predicted molar refractivity (Wildman–Crippen MR) is 150 cm³/mol. The van der Waals surface area contributed by atoms with Gasteiger partial charge < -0.3 is 9.47 Å². The Balaban J connectivity index is 1.50. The molecule has 4 rings (SSSR count). The standard InChI is InChI=1S/C28H24BrNO4S2/c1-2-15-33-27(32)25(21-8-4-3-5-9-21)30-26(31)24(36-28(30)35)17-19-11-13-23(14-12-19)34-18-20-7-6-10-22(29)16-20/h3-14,16-17,25H,2,15,18H2,1H3/b24-17+. The van der Waals surface area contributed by atoms with E-state index in [1.807, 2.05) is 73.7 Å². The lowest BCUT2D eigenvalue weighted by Crippen LogP contribution is -2.38. The van der Waals surface area contributed by atoms with Crippen molar-refractivity contribution in [3.05, 3.63) is 105 Å². The predicted octanol–water partition coefficient (Wildman–Crippen LogP) is 6.92. The molecule has 36 heavy (non-hydrogen) atoms. The molecule has 1 unspecified atom stereocenters. The van der Waals surface area contributed by atoms with Crippen LogP contribution in [0.5, 0.6) is 5.75 Å². The molecule has 0 bridgehead atoms. The summed E-state index contributed by atoms with van der Waals surface area (Å²) in [5.74, 6) is -0.0858. The lowest BCUT2D eigenvalue weighted by Gasteiger charge is -2.25. The van der Waals surface area contributed by atoms with Gasteiger partial charge in [-0.25, -0.2) is 4.79 Å². The molecule has 0 radical (unpaired) electrons. The Morgan fingerprint density at radius 3 is 2.53 bits per heavy atom. The van der Waals surface area contributed by atoms with Crippen LogP contribution in [0.25, 0.3) is 6.08 Å². The van der Waals surface area contributed by atoms with Crippen molar-refractivity contribution in [2.45, 2.75) is 26.0 Å². The topological polar surface area (TPSA) is 55.8 Å². The fourth-order valence-electron chi connectivity index (χ4n) is 3.61. The first-order chi connectivity index (χ1) is 17.5. The van der Waals surface area contributed by atoms with Crippen LogP contribution in [0.15, 0.2) is 88.2 Å². The summed E-state index contributed by atoms with van der Waals surface area (Å²) in [5.41, 5.74) is 2.54. The van der Waals surface area contributed by atoms with Gasteiger partial charge >= 0.3 is 5.97 Å². The van der Waals surface area contributed by atoms with E-state index in [1.165, 1.54) is 16.7 Å². The molecule has 0 N–H and O–H groups in total.